The van der Waals surface area contributed by atoms with E-state index in [0.29, 0.717) is 12.4 Å². The summed E-state index contributed by atoms with van der Waals surface area (Å²) in [7, 11) is 0. The molecule has 0 amide bonds. The number of hydrogen-bond acceptors (Lipinski definition) is 8. The van der Waals surface area contributed by atoms with Crippen molar-refractivity contribution < 1.29 is 20.1 Å². The van der Waals surface area contributed by atoms with Crippen LogP contribution in [-0.2, 0) is 4.74 Å². The molecule has 21 heavy (non-hydrogen) atoms. The second-order valence-electron chi connectivity index (χ2n) is 5.20. The van der Waals surface area contributed by atoms with Crippen LogP contribution in [0.3, 0.4) is 0 Å². The molecule has 9 nitrogen and oxygen atoms in total. The quantitative estimate of drug-likeness (QED) is 0.594. The van der Waals surface area contributed by atoms with Crippen LogP contribution in [0.4, 0.5) is 5.82 Å². The zero-order valence-electron chi connectivity index (χ0n) is 11.1. The summed E-state index contributed by atoms with van der Waals surface area (Å²) in [5, 5.41) is 33.3. The maximum atomic E-state index is 10.1. The predicted molar refractivity (Wildman–Crippen MR) is 71.5 cm³/mol. The Morgan fingerprint density at radius 1 is 1.33 bits per heavy atom. The van der Waals surface area contributed by atoms with Crippen molar-refractivity contribution in [3.8, 4) is 0 Å². The molecule has 0 saturated carbocycles. The van der Waals surface area contributed by atoms with Gasteiger partial charge in [-0.2, -0.15) is 5.10 Å². The Hall–Kier alpha value is -1.81. The van der Waals surface area contributed by atoms with Crippen LogP contribution in [-0.4, -0.2) is 80.2 Å². The van der Waals surface area contributed by atoms with Gasteiger partial charge in [-0.15, -0.1) is 0 Å². The van der Waals surface area contributed by atoms with Gasteiger partial charge in [0.15, 0.2) is 12.0 Å². The van der Waals surface area contributed by atoms with Crippen LogP contribution in [0.2, 0.25) is 0 Å². The van der Waals surface area contributed by atoms with Crippen molar-refractivity contribution in [2.45, 2.75) is 24.5 Å². The lowest BCUT2D eigenvalue weighted by molar-refractivity contribution is -0.0576. The number of aliphatic hydroxyl groups is 3. The van der Waals surface area contributed by atoms with Crippen molar-refractivity contribution in [2.24, 2.45) is 9.98 Å². The van der Waals surface area contributed by atoms with Gasteiger partial charge in [0.25, 0.3) is 0 Å². The van der Waals surface area contributed by atoms with Gasteiger partial charge in [-0.05, 0) is 0 Å². The monoisotopic (exact) mass is 293 g/mol. The van der Waals surface area contributed by atoms with Gasteiger partial charge in [-0.1, -0.05) is 0 Å². The van der Waals surface area contributed by atoms with Gasteiger partial charge in [0.2, 0.25) is 0 Å². The first-order valence-corrected chi connectivity index (χ1v) is 6.76. The molecule has 3 N–H and O–H groups in total. The minimum atomic E-state index is -1.18. The Morgan fingerprint density at radius 3 is 2.95 bits per heavy atom. The molecule has 4 unspecified atom stereocenters. The summed E-state index contributed by atoms with van der Waals surface area (Å²) >= 11 is 0. The molecule has 1 fully saturated rings. The third kappa shape index (κ3) is 1.75. The minimum Gasteiger partial charge on any atom is -0.394 e. The third-order valence-electron chi connectivity index (χ3n) is 3.96. The van der Waals surface area contributed by atoms with Crippen LogP contribution in [0.1, 0.15) is 11.8 Å². The molecule has 3 aliphatic rings. The topological polar surface area (TPSA) is 116 Å². The van der Waals surface area contributed by atoms with E-state index in [1.54, 1.807) is 12.5 Å². The molecule has 4 rings (SSSR count). The van der Waals surface area contributed by atoms with Gasteiger partial charge < -0.3 is 25.0 Å². The van der Waals surface area contributed by atoms with E-state index in [4.69, 9.17) is 9.84 Å². The highest BCUT2D eigenvalue weighted by molar-refractivity contribution is 6.10. The summed E-state index contributed by atoms with van der Waals surface area (Å²) in [4.78, 5) is 10.7. The number of hydrogen-bond donors (Lipinski definition) is 3. The highest BCUT2D eigenvalue weighted by Gasteiger charge is 2.45. The van der Waals surface area contributed by atoms with Crippen molar-refractivity contribution in [3.05, 3.63) is 11.8 Å². The second kappa shape index (κ2) is 4.60. The number of aromatic nitrogens is 2. The standard InChI is InChI=1S/C12H15N5O4/c18-4-7-8(19)9(20)12(21-7)17-11-6(3-15-17)10-13-1-2-16(10)5-14-11/h3,5,7-9,12,18-20H,1-2,4H2. The lowest BCUT2D eigenvalue weighted by Gasteiger charge is -2.21. The molecule has 0 aromatic carbocycles. The zero-order valence-corrected chi connectivity index (χ0v) is 11.1. The number of aliphatic imine (C=N–C) groups is 2. The first kappa shape index (κ1) is 12.9. The van der Waals surface area contributed by atoms with Crippen LogP contribution in [0.5, 0.6) is 0 Å². The maximum absolute atomic E-state index is 10.1. The van der Waals surface area contributed by atoms with Crippen molar-refractivity contribution in [1.29, 1.82) is 0 Å². The number of rotatable bonds is 2. The molecule has 4 atom stereocenters. The summed E-state index contributed by atoms with van der Waals surface area (Å²) in [6.45, 7) is 1.12. The molecule has 1 aromatic rings. The summed E-state index contributed by atoms with van der Waals surface area (Å²) in [6.07, 6.45) is -0.757. The highest BCUT2D eigenvalue weighted by atomic mass is 16.6. The van der Waals surface area contributed by atoms with Crippen LogP contribution < -0.4 is 0 Å². The third-order valence-corrected chi connectivity index (χ3v) is 3.96. The SMILES string of the molecule is OCC1OC(n2ncc3c2N=CN2CCN=C32)C(O)C1O. The molecule has 9 heteroatoms. The Labute approximate surface area is 119 Å². The first-order chi connectivity index (χ1) is 10.2. The van der Waals surface area contributed by atoms with E-state index in [1.807, 2.05) is 4.90 Å². The van der Waals surface area contributed by atoms with Crippen molar-refractivity contribution in [3.63, 3.8) is 0 Å². The highest BCUT2D eigenvalue weighted by Crippen LogP contribution is 2.35. The molecule has 0 radical (unpaired) electrons. The van der Waals surface area contributed by atoms with E-state index < -0.39 is 24.5 Å². The van der Waals surface area contributed by atoms with Gasteiger partial charge in [0.05, 0.1) is 31.3 Å². The lowest BCUT2D eigenvalue weighted by Crippen LogP contribution is -2.33. The molecule has 1 aromatic heterocycles. The largest absolute Gasteiger partial charge is 0.394 e. The fourth-order valence-electron chi connectivity index (χ4n) is 2.85. The van der Waals surface area contributed by atoms with E-state index in [-0.39, 0.29) is 6.61 Å². The molecular formula is C12H15N5O4. The van der Waals surface area contributed by atoms with Crippen LogP contribution in [0.25, 0.3) is 0 Å². The average Bonchev–Trinajstić information content (AvgIpc) is 3.17. The molecule has 3 aliphatic heterocycles. The smallest absolute Gasteiger partial charge is 0.181 e. The minimum absolute atomic E-state index is 0.373. The van der Waals surface area contributed by atoms with Crippen molar-refractivity contribution in [1.82, 2.24) is 14.7 Å². The molecule has 0 aliphatic carbocycles. The van der Waals surface area contributed by atoms with E-state index in [0.717, 1.165) is 17.9 Å². The first-order valence-electron chi connectivity index (χ1n) is 6.76. The number of amidine groups is 1. The van der Waals surface area contributed by atoms with Crippen molar-refractivity contribution in [2.75, 3.05) is 19.7 Å². The predicted octanol–water partition coefficient (Wildman–Crippen LogP) is -1.77. The van der Waals surface area contributed by atoms with Gasteiger partial charge in [-0.25, -0.2) is 9.67 Å². The number of fused-ring (bicyclic) bond motifs is 3. The molecule has 1 saturated heterocycles. The summed E-state index contributed by atoms with van der Waals surface area (Å²) in [6, 6.07) is 0. The van der Waals surface area contributed by atoms with Gasteiger partial charge >= 0.3 is 0 Å². The van der Waals surface area contributed by atoms with E-state index in [9.17, 15) is 10.2 Å². The van der Waals surface area contributed by atoms with Gasteiger partial charge in [0.1, 0.15) is 24.1 Å². The zero-order chi connectivity index (χ0) is 14.6. The van der Waals surface area contributed by atoms with E-state index >= 15 is 0 Å². The Bertz CT molecular complexity index is 627. The fourth-order valence-corrected chi connectivity index (χ4v) is 2.85. The van der Waals surface area contributed by atoms with Gasteiger partial charge in [0, 0.05) is 6.54 Å². The second-order valence-corrected chi connectivity index (χ2v) is 5.20. The summed E-state index contributed by atoms with van der Waals surface area (Å²) < 4.78 is 6.90. The lowest BCUT2D eigenvalue weighted by atomic mass is 10.1. The fraction of sp³-hybridized carbons (Fsp3) is 0.583. The molecular weight excluding hydrogens is 278 g/mol. The molecule has 4 heterocycles. The average molecular weight is 293 g/mol. The Kier molecular flexibility index (Phi) is 2.82. The molecule has 0 bridgehead atoms. The normalized spacial score (nSPS) is 34.0. The van der Waals surface area contributed by atoms with Crippen LogP contribution in [0.15, 0.2) is 16.2 Å². The number of aliphatic hydroxyl groups excluding tert-OH is 3. The number of ether oxygens (including phenoxy) is 1. The van der Waals surface area contributed by atoms with E-state index in [1.165, 1.54) is 4.68 Å². The maximum Gasteiger partial charge on any atom is 0.181 e. The molecule has 0 spiro atoms. The Balaban J connectivity index is 1.72. The van der Waals surface area contributed by atoms with Gasteiger partial charge in [-0.3, -0.25) is 4.99 Å². The van der Waals surface area contributed by atoms with Crippen molar-refractivity contribution >= 4 is 18.0 Å². The summed E-state index contributed by atoms with van der Waals surface area (Å²) in [5.74, 6) is 1.33. The van der Waals surface area contributed by atoms with Crippen LogP contribution in [0, 0.1) is 0 Å². The van der Waals surface area contributed by atoms with E-state index in [2.05, 4.69) is 15.1 Å². The molecule has 112 valence electrons. The summed E-state index contributed by atoms with van der Waals surface area (Å²) in [5.41, 5.74) is 0.771. The Morgan fingerprint density at radius 2 is 2.19 bits per heavy atom. The van der Waals surface area contributed by atoms with Crippen LogP contribution >= 0.6 is 0 Å². The number of nitrogens with zero attached hydrogens (tertiary/aromatic N) is 5.